The zero-order valence-electron chi connectivity index (χ0n) is 9.59. The largest absolute Gasteiger partial charge is 0.366 e. The van der Waals surface area contributed by atoms with E-state index in [-0.39, 0.29) is 0 Å². The fourth-order valence-corrected chi connectivity index (χ4v) is 2.31. The summed E-state index contributed by atoms with van der Waals surface area (Å²) in [6.07, 6.45) is 0. The number of rotatable bonds is 3. The van der Waals surface area contributed by atoms with Crippen molar-refractivity contribution in [1.29, 1.82) is 0 Å². The van der Waals surface area contributed by atoms with Crippen LogP contribution in [-0.4, -0.2) is 16.2 Å². The Bertz CT molecular complexity index is 522. The number of nitrogens with one attached hydrogen (secondary N) is 2. The summed E-state index contributed by atoms with van der Waals surface area (Å²) < 4.78 is 0.964. The highest BCUT2D eigenvalue weighted by atomic mass is 79.9. The molecule has 0 fully saturated rings. The Labute approximate surface area is 114 Å². The van der Waals surface area contributed by atoms with Crippen molar-refractivity contribution >= 4 is 33.3 Å². The first-order valence-corrected chi connectivity index (χ1v) is 6.50. The quantitative estimate of drug-likeness (QED) is 0.886. The molecule has 2 aromatic rings. The Hall–Kier alpha value is -1.00. The van der Waals surface area contributed by atoms with Gasteiger partial charge in [-0.2, -0.15) is 5.10 Å². The predicted molar refractivity (Wildman–Crippen MR) is 75.5 cm³/mol. The summed E-state index contributed by atoms with van der Waals surface area (Å²) in [6, 6.07) is 8.09. The zero-order valence-corrected chi connectivity index (χ0v) is 11.9. The van der Waals surface area contributed by atoms with Gasteiger partial charge in [0, 0.05) is 22.1 Å². The van der Waals surface area contributed by atoms with Crippen LogP contribution in [0.2, 0.25) is 5.02 Å². The number of aromatic nitrogens is 2. The molecule has 0 saturated heterocycles. The molecule has 1 heterocycles. The Morgan fingerprint density at radius 1 is 1.35 bits per heavy atom. The minimum atomic E-state index is 0.353. The van der Waals surface area contributed by atoms with Gasteiger partial charge in [-0.25, -0.2) is 0 Å². The van der Waals surface area contributed by atoms with Crippen LogP contribution in [0.3, 0.4) is 0 Å². The third kappa shape index (κ3) is 3.01. The SMILES string of the molecule is CC(C)Nc1cc(-c2ccc(Br)cc2Cl)[nH]n1. The van der Waals surface area contributed by atoms with Gasteiger partial charge in [0.15, 0.2) is 0 Å². The smallest absolute Gasteiger partial charge is 0.148 e. The maximum Gasteiger partial charge on any atom is 0.148 e. The molecule has 0 unspecified atom stereocenters. The summed E-state index contributed by atoms with van der Waals surface area (Å²) in [6.45, 7) is 4.14. The van der Waals surface area contributed by atoms with E-state index in [2.05, 4.69) is 45.3 Å². The highest BCUT2D eigenvalue weighted by molar-refractivity contribution is 9.10. The lowest BCUT2D eigenvalue weighted by Crippen LogP contribution is -2.09. The average Bonchev–Trinajstić information content (AvgIpc) is 2.65. The van der Waals surface area contributed by atoms with Crippen molar-refractivity contribution in [2.75, 3.05) is 5.32 Å². The molecule has 17 heavy (non-hydrogen) atoms. The molecule has 2 rings (SSSR count). The van der Waals surface area contributed by atoms with E-state index in [9.17, 15) is 0 Å². The monoisotopic (exact) mass is 313 g/mol. The van der Waals surface area contributed by atoms with Gasteiger partial charge in [0.25, 0.3) is 0 Å². The van der Waals surface area contributed by atoms with Crippen LogP contribution in [0.4, 0.5) is 5.82 Å². The van der Waals surface area contributed by atoms with Crippen LogP contribution < -0.4 is 5.32 Å². The number of hydrogen-bond acceptors (Lipinski definition) is 2. The minimum Gasteiger partial charge on any atom is -0.366 e. The van der Waals surface area contributed by atoms with Gasteiger partial charge in [0.2, 0.25) is 0 Å². The van der Waals surface area contributed by atoms with Crippen molar-refractivity contribution in [1.82, 2.24) is 10.2 Å². The first-order chi connectivity index (χ1) is 8.06. The van der Waals surface area contributed by atoms with Crippen molar-refractivity contribution in [2.24, 2.45) is 0 Å². The van der Waals surface area contributed by atoms with E-state index in [0.717, 1.165) is 21.5 Å². The third-order valence-corrected chi connectivity index (χ3v) is 3.04. The molecule has 0 aliphatic heterocycles. The molecule has 0 atom stereocenters. The van der Waals surface area contributed by atoms with Gasteiger partial charge in [-0.05, 0) is 26.0 Å². The second-order valence-corrected chi connectivity index (χ2v) is 5.41. The highest BCUT2D eigenvalue weighted by Gasteiger charge is 2.08. The number of nitrogens with zero attached hydrogens (tertiary/aromatic N) is 1. The molecule has 1 aromatic heterocycles. The molecule has 1 aromatic carbocycles. The van der Waals surface area contributed by atoms with Gasteiger partial charge in [-0.1, -0.05) is 33.6 Å². The number of halogens is 2. The summed E-state index contributed by atoms with van der Waals surface area (Å²) in [5.41, 5.74) is 1.85. The molecule has 0 spiro atoms. The molecule has 90 valence electrons. The lowest BCUT2D eigenvalue weighted by atomic mass is 10.1. The topological polar surface area (TPSA) is 40.7 Å². The zero-order chi connectivity index (χ0) is 12.4. The van der Waals surface area contributed by atoms with E-state index >= 15 is 0 Å². The lowest BCUT2D eigenvalue weighted by molar-refractivity contribution is 0.884. The van der Waals surface area contributed by atoms with Gasteiger partial charge in [-0.15, -0.1) is 0 Å². The number of hydrogen-bond donors (Lipinski definition) is 2. The minimum absolute atomic E-state index is 0.353. The Morgan fingerprint density at radius 2 is 2.12 bits per heavy atom. The first kappa shape index (κ1) is 12.5. The van der Waals surface area contributed by atoms with E-state index in [1.807, 2.05) is 24.3 Å². The Balaban J connectivity index is 2.30. The molecule has 0 aliphatic rings. The molecule has 0 amide bonds. The highest BCUT2D eigenvalue weighted by Crippen LogP contribution is 2.30. The molecule has 3 nitrogen and oxygen atoms in total. The molecule has 0 bridgehead atoms. The molecule has 0 saturated carbocycles. The van der Waals surface area contributed by atoms with Crippen molar-refractivity contribution < 1.29 is 0 Å². The van der Waals surface area contributed by atoms with Crippen LogP contribution in [0, 0.1) is 0 Å². The van der Waals surface area contributed by atoms with Crippen LogP contribution in [0.15, 0.2) is 28.7 Å². The second kappa shape index (κ2) is 5.10. The van der Waals surface area contributed by atoms with Crippen molar-refractivity contribution in [2.45, 2.75) is 19.9 Å². The fourth-order valence-electron chi connectivity index (χ4n) is 1.54. The van der Waals surface area contributed by atoms with Crippen LogP contribution in [-0.2, 0) is 0 Å². The van der Waals surface area contributed by atoms with Crippen LogP contribution in [0.25, 0.3) is 11.3 Å². The van der Waals surface area contributed by atoms with E-state index in [4.69, 9.17) is 11.6 Å². The maximum absolute atomic E-state index is 6.18. The fraction of sp³-hybridized carbons (Fsp3) is 0.250. The Kier molecular flexibility index (Phi) is 3.74. The second-order valence-electron chi connectivity index (χ2n) is 4.09. The summed E-state index contributed by atoms with van der Waals surface area (Å²) in [5, 5.41) is 11.1. The van der Waals surface area contributed by atoms with Crippen molar-refractivity contribution in [3.05, 3.63) is 33.8 Å². The summed E-state index contributed by atoms with van der Waals surface area (Å²) >= 11 is 9.56. The van der Waals surface area contributed by atoms with Gasteiger partial charge in [-0.3, -0.25) is 5.10 Å². The van der Waals surface area contributed by atoms with Gasteiger partial charge >= 0.3 is 0 Å². The predicted octanol–water partition coefficient (Wildman–Crippen LogP) is 4.31. The molecule has 5 heteroatoms. The molecule has 0 aliphatic carbocycles. The number of aromatic amines is 1. The van der Waals surface area contributed by atoms with Crippen LogP contribution in [0.1, 0.15) is 13.8 Å². The number of benzene rings is 1. The van der Waals surface area contributed by atoms with E-state index in [1.54, 1.807) is 0 Å². The summed E-state index contributed by atoms with van der Waals surface area (Å²) in [7, 11) is 0. The first-order valence-electron chi connectivity index (χ1n) is 5.33. The van der Waals surface area contributed by atoms with Gasteiger partial charge in [0.1, 0.15) is 5.82 Å². The van der Waals surface area contributed by atoms with Crippen molar-refractivity contribution in [3.63, 3.8) is 0 Å². The van der Waals surface area contributed by atoms with Gasteiger partial charge < -0.3 is 5.32 Å². The summed E-state index contributed by atoms with van der Waals surface area (Å²) in [5.74, 6) is 0.828. The number of anilines is 1. The summed E-state index contributed by atoms with van der Waals surface area (Å²) in [4.78, 5) is 0. The van der Waals surface area contributed by atoms with E-state index < -0.39 is 0 Å². The van der Waals surface area contributed by atoms with Crippen LogP contribution in [0.5, 0.6) is 0 Å². The molecular weight excluding hydrogens is 302 g/mol. The maximum atomic E-state index is 6.18. The van der Waals surface area contributed by atoms with Crippen LogP contribution >= 0.6 is 27.5 Å². The normalized spacial score (nSPS) is 10.9. The Morgan fingerprint density at radius 3 is 2.76 bits per heavy atom. The van der Waals surface area contributed by atoms with Gasteiger partial charge in [0.05, 0.1) is 10.7 Å². The third-order valence-electron chi connectivity index (χ3n) is 2.24. The molecule has 2 N–H and O–H groups in total. The van der Waals surface area contributed by atoms with Crippen molar-refractivity contribution in [3.8, 4) is 11.3 Å². The van der Waals surface area contributed by atoms with E-state index in [1.165, 1.54) is 0 Å². The lowest BCUT2D eigenvalue weighted by Gasteiger charge is -2.04. The molecular formula is C12H13BrClN3. The standard InChI is InChI=1S/C12H13BrClN3/c1-7(2)15-12-6-11(16-17-12)9-4-3-8(13)5-10(9)14/h3-7H,1-2H3,(H2,15,16,17). The number of H-pyrrole nitrogens is 1. The van der Waals surface area contributed by atoms with E-state index in [0.29, 0.717) is 11.1 Å². The average molecular weight is 315 g/mol. The molecule has 0 radical (unpaired) electrons.